The topological polar surface area (TPSA) is 79.2 Å². The van der Waals surface area contributed by atoms with Crippen LogP contribution < -0.4 is 9.46 Å². The molecule has 1 aromatic rings. The Morgan fingerprint density at radius 1 is 1.47 bits per heavy atom. The molecule has 1 atom stereocenters. The molecule has 0 radical (unpaired) electrons. The molecule has 0 saturated carbocycles. The van der Waals surface area contributed by atoms with Crippen molar-refractivity contribution in [2.24, 2.45) is 0 Å². The van der Waals surface area contributed by atoms with Crippen LogP contribution in [-0.2, 0) is 15.8 Å². The van der Waals surface area contributed by atoms with E-state index in [1.54, 1.807) is 24.3 Å². The maximum Gasteiger partial charge on any atom is 0.216 e. The Morgan fingerprint density at radius 2 is 2.21 bits per heavy atom. The van der Waals surface area contributed by atoms with E-state index in [-0.39, 0.29) is 18.2 Å². The largest absolute Gasteiger partial charge is 0.497 e. The molecule has 19 heavy (non-hydrogen) atoms. The molecule has 0 fully saturated rings. The van der Waals surface area contributed by atoms with Crippen LogP contribution in [0.3, 0.4) is 0 Å². The van der Waals surface area contributed by atoms with E-state index in [9.17, 15) is 8.42 Å². The number of sulfonamides is 1. The highest BCUT2D eigenvalue weighted by Gasteiger charge is 2.17. The first-order chi connectivity index (χ1) is 9.00. The molecule has 104 valence electrons. The molecular weight excluding hydrogens is 264 g/mol. The molecule has 0 aliphatic rings. The standard InChI is InChI=1S/C13H18N2O3S/c1-3-12(7-8-14)15-19(16,17)10-11-5-4-6-13(9-11)18-2/h4-6,9,12,15H,3,7,10H2,1-2H3. The van der Waals surface area contributed by atoms with Crippen molar-refractivity contribution in [1.82, 2.24) is 4.72 Å². The minimum absolute atomic E-state index is 0.119. The molecule has 1 rings (SSSR count). The summed E-state index contributed by atoms with van der Waals surface area (Å²) >= 11 is 0. The van der Waals surface area contributed by atoms with E-state index in [1.165, 1.54) is 7.11 Å². The smallest absolute Gasteiger partial charge is 0.216 e. The predicted molar refractivity (Wildman–Crippen MR) is 73.1 cm³/mol. The highest BCUT2D eigenvalue weighted by atomic mass is 32.2. The normalized spacial score (nSPS) is 12.7. The second kappa shape index (κ2) is 7.12. The maximum absolute atomic E-state index is 12.0. The second-order valence-corrected chi connectivity index (χ2v) is 5.95. The summed E-state index contributed by atoms with van der Waals surface area (Å²) in [4.78, 5) is 0. The number of methoxy groups -OCH3 is 1. The van der Waals surface area contributed by atoms with Crippen molar-refractivity contribution in [2.45, 2.75) is 31.6 Å². The molecule has 0 bridgehead atoms. The van der Waals surface area contributed by atoms with Crippen molar-refractivity contribution in [3.8, 4) is 11.8 Å². The summed E-state index contributed by atoms with van der Waals surface area (Å²) in [5.74, 6) is 0.503. The van der Waals surface area contributed by atoms with Crippen molar-refractivity contribution in [3.63, 3.8) is 0 Å². The number of nitriles is 1. The van der Waals surface area contributed by atoms with Crippen LogP contribution in [-0.4, -0.2) is 21.6 Å². The summed E-state index contributed by atoms with van der Waals surface area (Å²) in [6.07, 6.45) is 0.763. The molecule has 0 saturated heterocycles. The van der Waals surface area contributed by atoms with Crippen molar-refractivity contribution in [3.05, 3.63) is 29.8 Å². The van der Waals surface area contributed by atoms with Gasteiger partial charge in [0.15, 0.2) is 0 Å². The molecule has 1 unspecified atom stereocenters. The Balaban J connectivity index is 2.76. The summed E-state index contributed by atoms with van der Waals surface area (Å²) in [7, 11) is -1.92. The fourth-order valence-electron chi connectivity index (χ4n) is 1.66. The molecule has 0 aliphatic heterocycles. The Kier molecular flexibility index (Phi) is 5.80. The number of rotatable bonds is 7. The van der Waals surface area contributed by atoms with Crippen LogP contribution in [0.2, 0.25) is 0 Å². The van der Waals surface area contributed by atoms with E-state index < -0.39 is 10.0 Å². The molecule has 0 heterocycles. The van der Waals surface area contributed by atoms with Crippen LogP contribution in [0.1, 0.15) is 25.3 Å². The lowest BCUT2D eigenvalue weighted by Gasteiger charge is -2.14. The fourth-order valence-corrected chi connectivity index (χ4v) is 3.12. The lowest BCUT2D eigenvalue weighted by atomic mass is 10.2. The van der Waals surface area contributed by atoms with Gasteiger partial charge in [0, 0.05) is 6.04 Å². The minimum Gasteiger partial charge on any atom is -0.497 e. The number of nitrogens with one attached hydrogen (secondary N) is 1. The van der Waals surface area contributed by atoms with Crippen molar-refractivity contribution >= 4 is 10.0 Å². The van der Waals surface area contributed by atoms with Gasteiger partial charge in [0.1, 0.15) is 5.75 Å². The van der Waals surface area contributed by atoms with E-state index >= 15 is 0 Å². The van der Waals surface area contributed by atoms with Gasteiger partial charge in [-0.25, -0.2) is 13.1 Å². The van der Waals surface area contributed by atoms with E-state index in [2.05, 4.69) is 4.72 Å². The lowest BCUT2D eigenvalue weighted by molar-refractivity contribution is 0.414. The van der Waals surface area contributed by atoms with E-state index in [0.717, 1.165) is 0 Å². The van der Waals surface area contributed by atoms with Gasteiger partial charge in [0.25, 0.3) is 0 Å². The quantitative estimate of drug-likeness (QED) is 0.827. The Hall–Kier alpha value is -1.58. The third-order valence-corrected chi connectivity index (χ3v) is 4.07. The van der Waals surface area contributed by atoms with Gasteiger partial charge in [0.05, 0.1) is 25.4 Å². The zero-order valence-electron chi connectivity index (χ0n) is 11.1. The van der Waals surface area contributed by atoms with Gasteiger partial charge in [-0.2, -0.15) is 5.26 Å². The molecule has 5 nitrogen and oxygen atoms in total. The summed E-state index contributed by atoms with van der Waals surface area (Å²) in [5, 5.41) is 8.62. The molecule has 1 N–H and O–H groups in total. The summed E-state index contributed by atoms with van der Waals surface area (Å²) in [5.41, 5.74) is 0.652. The predicted octanol–water partition coefficient (Wildman–Crippen LogP) is 1.81. The van der Waals surface area contributed by atoms with Crippen LogP contribution in [0.5, 0.6) is 5.75 Å². The van der Waals surface area contributed by atoms with Gasteiger partial charge < -0.3 is 4.74 Å². The number of hydrogen-bond donors (Lipinski definition) is 1. The van der Waals surface area contributed by atoms with Crippen LogP contribution in [0.4, 0.5) is 0 Å². The Morgan fingerprint density at radius 3 is 2.79 bits per heavy atom. The Labute approximate surface area is 114 Å². The van der Waals surface area contributed by atoms with Gasteiger partial charge in [-0.1, -0.05) is 19.1 Å². The average molecular weight is 282 g/mol. The van der Waals surface area contributed by atoms with E-state index in [4.69, 9.17) is 10.00 Å². The van der Waals surface area contributed by atoms with E-state index in [0.29, 0.717) is 17.7 Å². The van der Waals surface area contributed by atoms with Gasteiger partial charge in [-0.3, -0.25) is 0 Å². The molecule has 0 amide bonds. The minimum atomic E-state index is -3.45. The highest BCUT2D eigenvalue weighted by molar-refractivity contribution is 7.88. The van der Waals surface area contributed by atoms with Crippen LogP contribution >= 0.6 is 0 Å². The number of benzene rings is 1. The summed E-state index contributed by atoms with van der Waals surface area (Å²) < 4.78 is 31.6. The zero-order valence-corrected chi connectivity index (χ0v) is 11.9. The molecule has 0 aliphatic carbocycles. The van der Waals surface area contributed by atoms with Crippen molar-refractivity contribution in [2.75, 3.05) is 7.11 Å². The van der Waals surface area contributed by atoms with Crippen LogP contribution in [0.15, 0.2) is 24.3 Å². The Bertz CT molecular complexity index is 549. The van der Waals surface area contributed by atoms with Gasteiger partial charge >= 0.3 is 0 Å². The molecule has 6 heteroatoms. The first-order valence-corrected chi connectivity index (χ1v) is 7.66. The second-order valence-electron chi connectivity index (χ2n) is 4.20. The fraction of sp³-hybridized carbons (Fsp3) is 0.462. The van der Waals surface area contributed by atoms with Gasteiger partial charge in [0.2, 0.25) is 10.0 Å². The first kappa shape index (κ1) is 15.5. The summed E-state index contributed by atoms with van der Waals surface area (Å²) in [6.45, 7) is 1.84. The van der Waals surface area contributed by atoms with Crippen molar-refractivity contribution in [1.29, 1.82) is 5.26 Å². The third kappa shape index (κ3) is 5.28. The van der Waals surface area contributed by atoms with Crippen LogP contribution in [0, 0.1) is 11.3 Å². The van der Waals surface area contributed by atoms with E-state index in [1.807, 2.05) is 13.0 Å². The van der Waals surface area contributed by atoms with Crippen molar-refractivity contribution < 1.29 is 13.2 Å². The zero-order chi connectivity index (χ0) is 14.3. The lowest BCUT2D eigenvalue weighted by Crippen LogP contribution is -2.34. The van der Waals surface area contributed by atoms with Gasteiger partial charge in [-0.15, -0.1) is 0 Å². The molecular formula is C13H18N2O3S. The van der Waals surface area contributed by atoms with Gasteiger partial charge in [-0.05, 0) is 24.1 Å². The SMILES string of the molecule is CCC(CC#N)NS(=O)(=O)Cc1cccc(OC)c1. The number of ether oxygens (including phenoxy) is 1. The molecule has 0 spiro atoms. The molecule has 1 aromatic carbocycles. The monoisotopic (exact) mass is 282 g/mol. The molecule has 0 aromatic heterocycles. The maximum atomic E-state index is 12.0. The number of nitrogens with zero attached hydrogens (tertiary/aromatic N) is 1. The highest BCUT2D eigenvalue weighted by Crippen LogP contribution is 2.15. The summed E-state index contributed by atoms with van der Waals surface area (Å²) in [6, 6.07) is 8.56. The third-order valence-electron chi connectivity index (χ3n) is 2.67. The first-order valence-electron chi connectivity index (χ1n) is 6.00. The van der Waals surface area contributed by atoms with Crippen LogP contribution in [0.25, 0.3) is 0 Å². The number of hydrogen-bond acceptors (Lipinski definition) is 4. The average Bonchev–Trinajstić information content (AvgIpc) is 2.37.